The molecule has 0 heterocycles. The van der Waals surface area contributed by atoms with Gasteiger partial charge in [0.15, 0.2) is 0 Å². The molecule has 0 aliphatic heterocycles. The van der Waals surface area contributed by atoms with Crippen LogP contribution >= 0.6 is 0 Å². The molecule has 0 spiro atoms. The molecule has 4 nitrogen and oxygen atoms in total. The summed E-state index contributed by atoms with van der Waals surface area (Å²) in [5.74, 6) is -1.43. The van der Waals surface area contributed by atoms with Crippen molar-refractivity contribution >= 4 is 11.9 Å². The molecule has 0 radical (unpaired) electrons. The summed E-state index contributed by atoms with van der Waals surface area (Å²) in [6, 6.07) is 5.83. The van der Waals surface area contributed by atoms with Crippen LogP contribution in [-0.2, 0) is 11.2 Å². The van der Waals surface area contributed by atoms with E-state index in [1.165, 1.54) is 24.3 Å². The van der Waals surface area contributed by atoms with E-state index in [0.29, 0.717) is 12.0 Å². The smallest absolute Gasteiger partial charge is 0.335 e. The van der Waals surface area contributed by atoms with Crippen molar-refractivity contribution in [3.8, 4) is 0 Å². The number of carboxylic acids is 1. The molecule has 20 heavy (non-hydrogen) atoms. The standard InChI is InChI=1S/C14H17F2NO3/c1-2-7-17(9-12(15)16)13(18)8-10-3-5-11(6-4-10)14(19)20/h3-6,12H,2,7-9H2,1H3,(H,19,20). The number of alkyl halides is 2. The second-order valence-electron chi connectivity index (χ2n) is 4.41. The predicted molar refractivity (Wildman–Crippen MR) is 70.0 cm³/mol. The van der Waals surface area contributed by atoms with Gasteiger partial charge in [0.05, 0.1) is 18.5 Å². The van der Waals surface area contributed by atoms with Crippen molar-refractivity contribution in [2.75, 3.05) is 13.1 Å². The highest BCUT2D eigenvalue weighted by Gasteiger charge is 2.17. The number of carboxylic acid groups (broad SMARTS) is 1. The summed E-state index contributed by atoms with van der Waals surface area (Å²) in [4.78, 5) is 23.8. The van der Waals surface area contributed by atoms with Crippen LogP contribution in [0.3, 0.4) is 0 Å². The molecule has 0 aliphatic carbocycles. The van der Waals surface area contributed by atoms with Gasteiger partial charge in [0.2, 0.25) is 5.91 Å². The van der Waals surface area contributed by atoms with Crippen LogP contribution in [0.1, 0.15) is 29.3 Å². The van der Waals surface area contributed by atoms with Gasteiger partial charge < -0.3 is 10.0 Å². The van der Waals surface area contributed by atoms with E-state index < -0.39 is 18.9 Å². The summed E-state index contributed by atoms with van der Waals surface area (Å²) in [7, 11) is 0. The number of amides is 1. The van der Waals surface area contributed by atoms with Gasteiger partial charge in [0.1, 0.15) is 0 Å². The molecule has 0 unspecified atom stereocenters. The van der Waals surface area contributed by atoms with Crippen LogP contribution in [0, 0.1) is 0 Å². The number of halogens is 2. The summed E-state index contributed by atoms with van der Waals surface area (Å²) in [5, 5.41) is 8.76. The maximum atomic E-state index is 12.4. The number of rotatable bonds is 7. The number of carbonyl (C=O) groups is 2. The molecular weight excluding hydrogens is 268 g/mol. The number of hydrogen-bond donors (Lipinski definition) is 1. The Morgan fingerprint density at radius 2 is 1.85 bits per heavy atom. The van der Waals surface area contributed by atoms with E-state index in [2.05, 4.69) is 0 Å². The summed E-state index contributed by atoms with van der Waals surface area (Å²) >= 11 is 0. The summed E-state index contributed by atoms with van der Waals surface area (Å²) in [6.45, 7) is 1.53. The molecule has 0 fully saturated rings. The normalized spacial score (nSPS) is 10.6. The molecule has 1 aromatic rings. The first-order valence-electron chi connectivity index (χ1n) is 6.32. The minimum atomic E-state index is -2.56. The quantitative estimate of drug-likeness (QED) is 0.837. The van der Waals surface area contributed by atoms with Gasteiger partial charge in [0, 0.05) is 6.54 Å². The van der Waals surface area contributed by atoms with Crippen molar-refractivity contribution in [3.05, 3.63) is 35.4 Å². The largest absolute Gasteiger partial charge is 0.478 e. The second kappa shape index (κ2) is 7.57. The number of aromatic carboxylic acids is 1. The topological polar surface area (TPSA) is 57.6 Å². The Bertz CT molecular complexity index is 460. The van der Waals surface area contributed by atoms with Gasteiger partial charge in [-0.1, -0.05) is 19.1 Å². The lowest BCUT2D eigenvalue weighted by Gasteiger charge is -2.21. The fourth-order valence-electron chi connectivity index (χ4n) is 1.81. The molecule has 1 aromatic carbocycles. The van der Waals surface area contributed by atoms with Gasteiger partial charge in [-0.15, -0.1) is 0 Å². The van der Waals surface area contributed by atoms with Crippen molar-refractivity contribution in [3.63, 3.8) is 0 Å². The Labute approximate surface area is 116 Å². The molecule has 0 saturated heterocycles. The lowest BCUT2D eigenvalue weighted by Crippen LogP contribution is -2.36. The van der Waals surface area contributed by atoms with Crippen LogP contribution in [0.2, 0.25) is 0 Å². The fourth-order valence-corrected chi connectivity index (χ4v) is 1.81. The summed E-state index contributed by atoms with van der Waals surface area (Å²) < 4.78 is 24.8. The lowest BCUT2D eigenvalue weighted by atomic mass is 10.1. The minimum absolute atomic E-state index is 0.00732. The van der Waals surface area contributed by atoms with Crippen molar-refractivity contribution in [1.29, 1.82) is 0 Å². The first-order valence-corrected chi connectivity index (χ1v) is 6.32. The highest BCUT2D eigenvalue weighted by atomic mass is 19.3. The van der Waals surface area contributed by atoms with E-state index >= 15 is 0 Å². The zero-order valence-electron chi connectivity index (χ0n) is 11.2. The zero-order valence-corrected chi connectivity index (χ0v) is 11.2. The Balaban J connectivity index is 2.69. The third-order valence-corrected chi connectivity index (χ3v) is 2.76. The number of benzene rings is 1. The van der Waals surface area contributed by atoms with E-state index in [9.17, 15) is 18.4 Å². The van der Waals surface area contributed by atoms with Gasteiger partial charge in [0.25, 0.3) is 6.43 Å². The summed E-state index contributed by atoms with van der Waals surface area (Å²) in [5.41, 5.74) is 0.731. The highest BCUT2D eigenvalue weighted by Crippen LogP contribution is 2.08. The van der Waals surface area contributed by atoms with E-state index in [4.69, 9.17) is 5.11 Å². The molecule has 0 atom stereocenters. The Morgan fingerprint density at radius 3 is 2.30 bits per heavy atom. The van der Waals surface area contributed by atoms with E-state index in [1.54, 1.807) is 0 Å². The van der Waals surface area contributed by atoms with Gasteiger partial charge >= 0.3 is 5.97 Å². The fraction of sp³-hybridized carbons (Fsp3) is 0.429. The molecule has 1 amide bonds. The van der Waals surface area contributed by atoms with E-state index in [-0.39, 0.29) is 24.4 Å². The van der Waals surface area contributed by atoms with Crippen molar-refractivity contribution < 1.29 is 23.5 Å². The molecule has 0 aromatic heterocycles. The summed E-state index contributed by atoms with van der Waals surface area (Å²) in [6.07, 6.45) is -1.96. The molecule has 0 saturated carbocycles. The minimum Gasteiger partial charge on any atom is -0.478 e. The molecule has 0 aliphatic rings. The maximum Gasteiger partial charge on any atom is 0.335 e. The number of hydrogen-bond acceptors (Lipinski definition) is 2. The number of carbonyl (C=O) groups excluding carboxylic acids is 1. The van der Waals surface area contributed by atoms with Crippen LogP contribution in [0.15, 0.2) is 24.3 Å². The molecule has 110 valence electrons. The van der Waals surface area contributed by atoms with E-state index in [1.807, 2.05) is 6.92 Å². The lowest BCUT2D eigenvalue weighted by molar-refractivity contribution is -0.132. The molecule has 0 bridgehead atoms. The third kappa shape index (κ3) is 4.95. The van der Waals surface area contributed by atoms with Crippen molar-refractivity contribution in [2.45, 2.75) is 26.2 Å². The highest BCUT2D eigenvalue weighted by molar-refractivity contribution is 5.87. The maximum absolute atomic E-state index is 12.4. The second-order valence-corrected chi connectivity index (χ2v) is 4.41. The first-order chi connectivity index (χ1) is 9.43. The molecule has 6 heteroatoms. The van der Waals surface area contributed by atoms with Crippen LogP contribution in [0.25, 0.3) is 0 Å². The van der Waals surface area contributed by atoms with Crippen molar-refractivity contribution in [2.24, 2.45) is 0 Å². The monoisotopic (exact) mass is 285 g/mol. The van der Waals surface area contributed by atoms with E-state index in [0.717, 1.165) is 4.90 Å². The van der Waals surface area contributed by atoms with Gasteiger partial charge in [-0.3, -0.25) is 4.79 Å². The van der Waals surface area contributed by atoms with Crippen LogP contribution in [0.4, 0.5) is 8.78 Å². The zero-order chi connectivity index (χ0) is 15.1. The number of nitrogens with zero attached hydrogens (tertiary/aromatic N) is 1. The van der Waals surface area contributed by atoms with Gasteiger partial charge in [-0.2, -0.15) is 0 Å². The Kier molecular flexibility index (Phi) is 6.09. The third-order valence-electron chi connectivity index (χ3n) is 2.76. The SMILES string of the molecule is CCCN(CC(F)F)C(=O)Cc1ccc(C(=O)O)cc1. The Hall–Kier alpha value is -1.98. The van der Waals surface area contributed by atoms with Gasteiger partial charge in [-0.05, 0) is 24.1 Å². The first kappa shape index (κ1) is 16.1. The molecule has 1 N–H and O–H groups in total. The van der Waals surface area contributed by atoms with Crippen molar-refractivity contribution in [1.82, 2.24) is 4.90 Å². The van der Waals surface area contributed by atoms with Crippen LogP contribution < -0.4 is 0 Å². The van der Waals surface area contributed by atoms with Gasteiger partial charge in [-0.25, -0.2) is 13.6 Å². The van der Waals surface area contributed by atoms with Crippen LogP contribution in [-0.4, -0.2) is 41.4 Å². The Morgan fingerprint density at radius 1 is 1.25 bits per heavy atom. The van der Waals surface area contributed by atoms with Crippen LogP contribution in [0.5, 0.6) is 0 Å². The predicted octanol–water partition coefficient (Wildman–Crippen LogP) is 2.43. The molecule has 1 rings (SSSR count). The average molecular weight is 285 g/mol. The molecular formula is C14H17F2NO3. The average Bonchev–Trinajstić information content (AvgIpc) is 2.38.